The number of aromatic nitrogens is 1. The van der Waals surface area contributed by atoms with E-state index in [1.54, 1.807) is 12.1 Å². The maximum absolute atomic E-state index is 11.0. The molecule has 0 fully saturated rings. The average molecular weight is 203 g/mol. The van der Waals surface area contributed by atoms with Gasteiger partial charge in [-0.3, -0.25) is 4.79 Å². The normalized spacial score (nSPS) is 10.9. The van der Waals surface area contributed by atoms with Gasteiger partial charge in [-0.25, -0.2) is 0 Å². The van der Waals surface area contributed by atoms with E-state index in [-0.39, 0.29) is 5.75 Å². The molecule has 0 spiro atoms. The number of carbonyl (C=O) groups is 1. The predicted octanol–water partition coefficient (Wildman–Crippen LogP) is 2.31. The van der Waals surface area contributed by atoms with Crippen molar-refractivity contribution in [2.24, 2.45) is 7.05 Å². The second kappa shape index (κ2) is 3.12. The minimum absolute atomic E-state index is 0.202. The van der Waals surface area contributed by atoms with Crippen molar-refractivity contribution in [3.05, 3.63) is 29.0 Å². The Kier molecular flexibility index (Phi) is 2.03. The van der Waals surface area contributed by atoms with Crippen molar-refractivity contribution in [2.45, 2.75) is 13.8 Å². The molecule has 0 radical (unpaired) electrons. The number of hydrogen-bond acceptors (Lipinski definition) is 2. The number of rotatable bonds is 1. The fourth-order valence-electron chi connectivity index (χ4n) is 2.10. The molecule has 0 atom stereocenters. The van der Waals surface area contributed by atoms with Crippen molar-refractivity contribution in [2.75, 3.05) is 0 Å². The highest BCUT2D eigenvalue weighted by atomic mass is 16.3. The van der Waals surface area contributed by atoms with Crippen molar-refractivity contribution in [3.63, 3.8) is 0 Å². The Morgan fingerprint density at radius 2 is 2.00 bits per heavy atom. The van der Waals surface area contributed by atoms with Crippen LogP contribution in [-0.2, 0) is 7.05 Å². The highest BCUT2D eigenvalue weighted by Gasteiger charge is 2.13. The van der Waals surface area contributed by atoms with Crippen molar-refractivity contribution >= 4 is 17.2 Å². The highest BCUT2D eigenvalue weighted by Crippen LogP contribution is 2.29. The molecular weight excluding hydrogens is 190 g/mol. The van der Waals surface area contributed by atoms with Crippen LogP contribution in [0.2, 0.25) is 0 Å². The van der Waals surface area contributed by atoms with Gasteiger partial charge in [-0.1, -0.05) is 0 Å². The van der Waals surface area contributed by atoms with Gasteiger partial charge in [0, 0.05) is 23.7 Å². The first-order valence-corrected chi connectivity index (χ1v) is 4.80. The molecule has 0 aliphatic rings. The largest absolute Gasteiger partial charge is 0.508 e. The third-order valence-electron chi connectivity index (χ3n) is 2.92. The molecule has 1 aromatic heterocycles. The first-order valence-electron chi connectivity index (χ1n) is 4.80. The summed E-state index contributed by atoms with van der Waals surface area (Å²) >= 11 is 0. The Balaban J connectivity index is 3.03. The first-order chi connectivity index (χ1) is 7.06. The van der Waals surface area contributed by atoms with Gasteiger partial charge in [0.05, 0.1) is 5.52 Å². The number of benzene rings is 1. The van der Waals surface area contributed by atoms with Gasteiger partial charge in [0.1, 0.15) is 5.75 Å². The van der Waals surface area contributed by atoms with Crippen molar-refractivity contribution in [3.8, 4) is 5.75 Å². The summed E-state index contributed by atoms with van der Waals surface area (Å²) in [6, 6.07) is 3.34. The third-order valence-corrected chi connectivity index (χ3v) is 2.92. The molecule has 0 amide bonds. The fourth-order valence-corrected chi connectivity index (χ4v) is 2.10. The zero-order chi connectivity index (χ0) is 11.2. The van der Waals surface area contributed by atoms with E-state index in [0.29, 0.717) is 5.56 Å². The molecular formula is C12H13NO2. The summed E-state index contributed by atoms with van der Waals surface area (Å²) in [4.78, 5) is 11.0. The van der Waals surface area contributed by atoms with Crippen LogP contribution in [0.5, 0.6) is 5.75 Å². The number of fused-ring (bicyclic) bond motifs is 1. The second-order valence-electron chi connectivity index (χ2n) is 3.83. The quantitative estimate of drug-likeness (QED) is 0.723. The maximum Gasteiger partial charge on any atom is 0.152 e. The minimum atomic E-state index is 0.202. The van der Waals surface area contributed by atoms with E-state index in [2.05, 4.69) is 0 Å². The molecule has 15 heavy (non-hydrogen) atoms. The van der Waals surface area contributed by atoms with Gasteiger partial charge in [-0.05, 0) is 31.5 Å². The molecule has 1 heterocycles. The lowest BCUT2D eigenvalue weighted by Gasteiger charge is -2.02. The van der Waals surface area contributed by atoms with Gasteiger partial charge in [-0.15, -0.1) is 0 Å². The van der Waals surface area contributed by atoms with E-state index in [9.17, 15) is 9.90 Å². The lowest BCUT2D eigenvalue weighted by molar-refractivity contribution is 0.112. The number of nitrogens with zero attached hydrogens (tertiary/aromatic N) is 1. The van der Waals surface area contributed by atoms with E-state index in [1.807, 2.05) is 25.5 Å². The summed E-state index contributed by atoms with van der Waals surface area (Å²) in [5.74, 6) is 0.202. The Morgan fingerprint density at radius 1 is 1.33 bits per heavy atom. The smallest absolute Gasteiger partial charge is 0.152 e. The summed E-state index contributed by atoms with van der Waals surface area (Å²) < 4.78 is 1.98. The number of aldehydes is 1. The van der Waals surface area contributed by atoms with E-state index in [0.717, 1.165) is 28.4 Å². The van der Waals surface area contributed by atoms with Crippen LogP contribution >= 0.6 is 0 Å². The monoisotopic (exact) mass is 203 g/mol. The molecule has 78 valence electrons. The lowest BCUT2D eigenvalue weighted by Crippen LogP contribution is -1.92. The lowest BCUT2D eigenvalue weighted by atomic mass is 10.1. The molecule has 1 aromatic carbocycles. The van der Waals surface area contributed by atoms with Gasteiger partial charge in [0.2, 0.25) is 0 Å². The maximum atomic E-state index is 11.0. The first kappa shape index (κ1) is 9.77. The predicted molar refractivity (Wildman–Crippen MR) is 59.4 cm³/mol. The van der Waals surface area contributed by atoms with E-state index in [4.69, 9.17) is 0 Å². The molecule has 0 aliphatic heterocycles. The third kappa shape index (κ3) is 1.23. The number of aryl methyl sites for hydroxylation is 2. The summed E-state index contributed by atoms with van der Waals surface area (Å²) in [6.45, 7) is 3.83. The molecule has 3 nitrogen and oxygen atoms in total. The van der Waals surface area contributed by atoms with E-state index < -0.39 is 0 Å². The van der Waals surface area contributed by atoms with Gasteiger partial charge < -0.3 is 9.67 Å². The summed E-state index contributed by atoms with van der Waals surface area (Å²) in [5.41, 5.74) is 3.57. The molecule has 0 saturated carbocycles. The van der Waals surface area contributed by atoms with Crippen LogP contribution in [0.4, 0.5) is 0 Å². The molecule has 0 aliphatic carbocycles. The van der Waals surface area contributed by atoms with Crippen LogP contribution < -0.4 is 0 Å². The second-order valence-corrected chi connectivity index (χ2v) is 3.83. The van der Waals surface area contributed by atoms with Crippen LogP contribution in [-0.4, -0.2) is 16.0 Å². The Bertz CT molecular complexity index is 552. The van der Waals surface area contributed by atoms with Crippen LogP contribution in [0.25, 0.3) is 10.9 Å². The summed E-state index contributed by atoms with van der Waals surface area (Å²) in [6.07, 6.45) is 0.844. The Hall–Kier alpha value is -1.77. The highest BCUT2D eigenvalue weighted by molar-refractivity contribution is 6.01. The molecule has 2 rings (SSSR count). The van der Waals surface area contributed by atoms with Gasteiger partial charge >= 0.3 is 0 Å². The molecule has 0 bridgehead atoms. The van der Waals surface area contributed by atoms with Crippen LogP contribution in [0.15, 0.2) is 12.1 Å². The zero-order valence-electron chi connectivity index (χ0n) is 9.03. The number of aromatic hydroxyl groups is 1. The molecule has 2 aromatic rings. The Labute approximate surface area is 87.9 Å². The van der Waals surface area contributed by atoms with Gasteiger partial charge in [0.25, 0.3) is 0 Å². The number of phenols is 1. The topological polar surface area (TPSA) is 42.2 Å². The number of hydrogen-bond donors (Lipinski definition) is 1. The molecule has 1 N–H and O–H groups in total. The molecule has 0 unspecified atom stereocenters. The standard InChI is InChI=1S/C12H13NO2/c1-7-4-9(15)5-10-11(6-14)8(2)13(3)12(7)10/h4-6,15H,1-3H3. The van der Waals surface area contributed by atoms with Crippen LogP contribution in [0, 0.1) is 13.8 Å². The average Bonchev–Trinajstić information content (AvgIpc) is 2.39. The minimum Gasteiger partial charge on any atom is -0.508 e. The van der Waals surface area contributed by atoms with Crippen LogP contribution in [0.3, 0.4) is 0 Å². The molecule has 3 heteroatoms. The zero-order valence-corrected chi connectivity index (χ0v) is 9.03. The van der Waals surface area contributed by atoms with Crippen molar-refractivity contribution in [1.29, 1.82) is 0 Å². The number of carbonyl (C=O) groups excluding carboxylic acids is 1. The molecule has 0 saturated heterocycles. The number of phenolic OH excluding ortho intramolecular Hbond substituents is 1. The van der Waals surface area contributed by atoms with Crippen LogP contribution in [0.1, 0.15) is 21.6 Å². The van der Waals surface area contributed by atoms with E-state index in [1.165, 1.54) is 0 Å². The summed E-state index contributed by atoms with van der Waals surface area (Å²) in [5, 5.41) is 10.3. The SMILES string of the molecule is Cc1cc(O)cc2c(C=O)c(C)n(C)c12. The van der Waals surface area contributed by atoms with E-state index >= 15 is 0 Å². The van der Waals surface area contributed by atoms with Gasteiger partial charge in [-0.2, -0.15) is 0 Å². The van der Waals surface area contributed by atoms with Crippen molar-refractivity contribution < 1.29 is 9.90 Å². The fraction of sp³-hybridized carbons (Fsp3) is 0.250. The Morgan fingerprint density at radius 3 is 2.60 bits per heavy atom. The summed E-state index contributed by atoms with van der Waals surface area (Å²) in [7, 11) is 1.93. The van der Waals surface area contributed by atoms with Crippen molar-refractivity contribution in [1.82, 2.24) is 4.57 Å². The van der Waals surface area contributed by atoms with Gasteiger partial charge in [0.15, 0.2) is 6.29 Å².